The van der Waals surface area contributed by atoms with E-state index in [2.05, 4.69) is 0 Å². The van der Waals surface area contributed by atoms with Gasteiger partial charge in [0.05, 0.1) is 36.7 Å². The summed E-state index contributed by atoms with van der Waals surface area (Å²) in [4.78, 5) is 12.7. The van der Waals surface area contributed by atoms with Crippen LogP contribution in [0.25, 0.3) is 0 Å². The summed E-state index contributed by atoms with van der Waals surface area (Å²) < 4.78 is 83.1. The molecule has 1 saturated heterocycles. The Hall–Kier alpha value is -2.79. The van der Waals surface area contributed by atoms with Crippen molar-refractivity contribution in [1.29, 1.82) is 0 Å². The highest BCUT2D eigenvalue weighted by Crippen LogP contribution is 2.43. The van der Waals surface area contributed by atoms with E-state index in [4.69, 9.17) is 14.2 Å². The fourth-order valence-corrected chi connectivity index (χ4v) is 5.67. The second-order valence-corrected chi connectivity index (χ2v) is 9.95. The predicted molar refractivity (Wildman–Crippen MR) is 111 cm³/mol. The van der Waals surface area contributed by atoms with Crippen LogP contribution in [-0.2, 0) is 16.2 Å². The number of alkyl halides is 3. The first-order valence-corrected chi connectivity index (χ1v) is 11.6. The highest BCUT2D eigenvalue weighted by Gasteiger charge is 2.46. The van der Waals surface area contributed by atoms with Gasteiger partial charge in [-0.3, -0.25) is 4.79 Å². The molecule has 0 saturated carbocycles. The first-order valence-electron chi connectivity index (χ1n) is 10.1. The van der Waals surface area contributed by atoms with Crippen molar-refractivity contribution in [2.24, 2.45) is 0 Å². The number of piperidine rings is 1. The molecule has 2 aliphatic heterocycles. The molecule has 0 bridgehead atoms. The van der Waals surface area contributed by atoms with Crippen molar-refractivity contribution < 1.29 is 40.6 Å². The van der Waals surface area contributed by atoms with Crippen LogP contribution in [0, 0.1) is 0 Å². The normalized spacial score (nSPS) is 18.5. The summed E-state index contributed by atoms with van der Waals surface area (Å²) in [6.07, 6.45) is -4.25. The van der Waals surface area contributed by atoms with Crippen LogP contribution < -0.4 is 14.2 Å². The zero-order valence-electron chi connectivity index (χ0n) is 17.9. The SMILES string of the molecule is COc1ccc(S(=O)(=O)N2CCC3(CC2)CC(=O)c2ccc(C(F)(F)F)cc2O3)cc1OC. The van der Waals surface area contributed by atoms with Crippen LogP contribution in [0.15, 0.2) is 41.3 Å². The first kappa shape index (κ1) is 23.4. The third kappa shape index (κ3) is 4.26. The van der Waals surface area contributed by atoms with E-state index in [0.717, 1.165) is 18.2 Å². The van der Waals surface area contributed by atoms with E-state index in [-0.39, 0.29) is 60.1 Å². The Bertz CT molecular complexity index is 1190. The Morgan fingerprint density at radius 2 is 1.67 bits per heavy atom. The number of benzene rings is 2. The van der Waals surface area contributed by atoms with Crippen LogP contribution in [0.2, 0.25) is 0 Å². The zero-order chi connectivity index (χ0) is 24.0. The fraction of sp³-hybridized carbons (Fsp3) is 0.409. The summed E-state index contributed by atoms with van der Waals surface area (Å²) in [5.74, 6) is 0.226. The first-order chi connectivity index (χ1) is 15.5. The number of carbonyl (C=O) groups excluding carboxylic acids is 1. The molecule has 0 unspecified atom stereocenters. The van der Waals surface area contributed by atoms with Gasteiger partial charge in [0.25, 0.3) is 0 Å². The van der Waals surface area contributed by atoms with Gasteiger partial charge in [0.1, 0.15) is 11.4 Å². The quantitative estimate of drug-likeness (QED) is 0.653. The number of hydrogen-bond donors (Lipinski definition) is 0. The lowest BCUT2D eigenvalue weighted by atomic mass is 9.83. The molecule has 33 heavy (non-hydrogen) atoms. The second-order valence-electron chi connectivity index (χ2n) is 8.01. The van der Waals surface area contributed by atoms with E-state index in [9.17, 15) is 26.4 Å². The van der Waals surface area contributed by atoms with Gasteiger partial charge in [-0.1, -0.05) is 0 Å². The molecule has 178 valence electrons. The number of hydrogen-bond acceptors (Lipinski definition) is 6. The fourth-order valence-electron chi connectivity index (χ4n) is 4.21. The highest BCUT2D eigenvalue weighted by atomic mass is 32.2. The van der Waals surface area contributed by atoms with Crippen LogP contribution >= 0.6 is 0 Å². The summed E-state index contributed by atoms with van der Waals surface area (Å²) in [7, 11) is -1.02. The molecule has 0 amide bonds. The predicted octanol–water partition coefficient (Wildman–Crippen LogP) is 3.91. The van der Waals surface area contributed by atoms with E-state index < -0.39 is 27.4 Å². The maximum Gasteiger partial charge on any atom is 0.416 e. The lowest BCUT2D eigenvalue weighted by Gasteiger charge is -2.43. The molecule has 0 radical (unpaired) electrons. The monoisotopic (exact) mass is 485 g/mol. The van der Waals surface area contributed by atoms with Gasteiger partial charge in [-0.15, -0.1) is 0 Å². The molecule has 0 aromatic heterocycles. The van der Waals surface area contributed by atoms with Crippen molar-refractivity contribution in [3.63, 3.8) is 0 Å². The molecular formula is C22H22F3NO6S. The average Bonchev–Trinajstić information content (AvgIpc) is 2.77. The van der Waals surface area contributed by atoms with Gasteiger partial charge in [-0.05, 0) is 30.3 Å². The number of sulfonamides is 1. The van der Waals surface area contributed by atoms with Gasteiger partial charge in [0.15, 0.2) is 17.3 Å². The van der Waals surface area contributed by atoms with Crippen LogP contribution in [0.3, 0.4) is 0 Å². The Labute approximate surface area is 189 Å². The number of ether oxygens (including phenoxy) is 3. The molecule has 2 aromatic carbocycles. The number of methoxy groups -OCH3 is 2. The minimum atomic E-state index is -4.57. The molecule has 1 fully saturated rings. The molecule has 7 nitrogen and oxygen atoms in total. The zero-order valence-corrected chi connectivity index (χ0v) is 18.8. The van der Waals surface area contributed by atoms with Crippen molar-refractivity contribution in [3.05, 3.63) is 47.5 Å². The molecular weight excluding hydrogens is 463 g/mol. The molecule has 11 heteroatoms. The van der Waals surface area contributed by atoms with Crippen molar-refractivity contribution in [1.82, 2.24) is 4.31 Å². The Kier molecular flexibility index (Phi) is 5.81. The number of Topliss-reactive ketones (excluding diaryl/α,β-unsaturated/α-hetero) is 1. The molecule has 4 rings (SSSR count). The summed E-state index contributed by atoms with van der Waals surface area (Å²) in [5.41, 5.74) is -1.84. The maximum absolute atomic E-state index is 13.1. The van der Waals surface area contributed by atoms with Gasteiger partial charge in [-0.25, -0.2) is 8.42 Å². The lowest BCUT2D eigenvalue weighted by molar-refractivity contribution is -0.137. The smallest absolute Gasteiger partial charge is 0.416 e. The highest BCUT2D eigenvalue weighted by molar-refractivity contribution is 7.89. The third-order valence-corrected chi connectivity index (χ3v) is 7.94. The number of nitrogens with zero attached hydrogens (tertiary/aromatic N) is 1. The van der Waals surface area contributed by atoms with Gasteiger partial charge < -0.3 is 14.2 Å². The Morgan fingerprint density at radius 1 is 1.00 bits per heavy atom. The van der Waals surface area contributed by atoms with Crippen molar-refractivity contribution >= 4 is 15.8 Å². The molecule has 0 atom stereocenters. The number of carbonyl (C=O) groups is 1. The van der Waals surface area contributed by atoms with Gasteiger partial charge in [-0.2, -0.15) is 17.5 Å². The molecule has 2 aromatic rings. The molecule has 0 N–H and O–H groups in total. The third-order valence-electron chi connectivity index (χ3n) is 6.04. The van der Waals surface area contributed by atoms with Crippen LogP contribution in [0.1, 0.15) is 35.2 Å². The number of rotatable bonds is 4. The molecule has 1 spiro atoms. The van der Waals surface area contributed by atoms with Crippen molar-refractivity contribution in [2.45, 2.75) is 35.9 Å². The van der Waals surface area contributed by atoms with E-state index in [1.165, 1.54) is 36.7 Å². The summed E-state index contributed by atoms with van der Waals surface area (Å²) in [6, 6.07) is 7.10. The van der Waals surface area contributed by atoms with Crippen molar-refractivity contribution in [3.8, 4) is 17.2 Å². The standard InChI is InChI=1S/C22H22F3NO6S/c1-30-18-6-4-15(12-20(18)31-2)33(28,29)26-9-7-21(8-10-26)13-17(27)16-5-3-14(22(23,24)25)11-19(16)32-21/h3-6,11-12H,7-10,13H2,1-2H3. The number of fused-ring (bicyclic) bond motifs is 1. The van der Waals surface area contributed by atoms with Gasteiger partial charge in [0, 0.05) is 32.0 Å². The Balaban J connectivity index is 1.55. The van der Waals surface area contributed by atoms with Gasteiger partial charge >= 0.3 is 6.18 Å². The van der Waals surface area contributed by atoms with Crippen molar-refractivity contribution in [2.75, 3.05) is 27.3 Å². The Morgan fingerprint density at radius 3 is 2.27 bits per heavy atom. The summed E-state index contributed by atoms with van der Waals surface area (Å²) in [6.45, 7) is 0.108. The van der Waals surface area contributed by atoms with E-state index in [0.29, 0.717) is 5.75 Å². The van der Waals surface area contributed by atoms with Crippen LogP contribution in [-0.4, -0.2) is 51.4 Å². The molecule has 0 aliphatic carbocycles. The summed E-state index contributed by atoms with van der Waals surface area (Å²) in [5, 5.41) is 0. The maximum atomic E-state index is 13.1. The number of ketones is 1. The summed E-state index contributed by atoms with van der Waals surface area (Å²) >= 11 is 0. The van der Waals surface area contributed by atoms with Crippen LogP contribution in [0.5, 0.6) is 17.2 Å². The van der Waals surface area contributed by atoms with E-state index >= 15 is 0 Å². The number of halogens is 3. The van der Waals surface area contributed by atoms with E-state index in [1.807, 2.05) is 0 Å². The lowest BCUT2D eigenvalue weighted by Crippen LogP contribution is -2.52. The average molecular weight is 485 g/mol. The van der Waals surface area contributed by atoms with E-state index in [1.54, 1.807) is 0 Å². The largest absolute Gasteiger partial charge is 0.493 e. The topological polar surface area (TPSA) is 82.1 Å². The molecule has 2 aliphatic rings. The second kappa shape index (κ2) is 8.21. The molecule has 2 heterocycles. The minimum Gasteiger partial charge on any atom is -0.493 e. The van der Waals surface area contributed by atoms with Gasteiger partial charge in [0.2, 0.25) is 10.0 Å². The van der Waals surface area contributed by atoms with Crippen LogP contribution in [0.4, 0.5) is 13.2 Å². The minimum absolute atomic E-state index is 0.0182.